The van der Waals surface area contributed by atoms with Crippen LogP contribution in [0.25, 0.3) is 0 Å². The molecule has 1 aromatic heterocycles. The van der Waals surface area contributed by atoms with E-state index in [1.807, 2.05) is 48.5 Å². The molecule has 1 saturated heterocycles. The second kappa shape index (κ2) is 21.1. The third-order valence-corrected chi connectivity index (χ3v) is 22.7. The van der Waals surface area contributed by atoms with E-state index in [-0.39, 0.29) is 63.6 Å². The van der Waals surface area contributed by atoms with Crippen molar-refractivity contribution in [3.63, 3.8) is 0 Å². The molecule has 0 spiro atoms. The van der Waals surface area contributed by atoms with Crippen LogP contribution in [0, 0.1) is 22.7 Å². The van der Waals surface area contributed by atoms with Crippen LogP contribution in [0.4, 0.5) is 4.79 Å². The second-order valence-corrected chi connectivity index (χ2v) is 28.7. The molecule has 1 aromatic carbocycles. The Labute approximate surface area is 436 Å². The smallest absolute Gasteiger partial charge is 0.408 e. The molecule has 2 heterocycles. The van der Waals surface area contributed by atoms with Gasteiger partial charge in [-0.25, -0.2) is 14.4 Å². The normalized spacial score (nSPS) is 29.4. The summed E-state index contributed by atoms with van der Waals surface area (Å²) in [5.74, 6) is -5.61. The van der Waals surface area contributed by atoms with Crippen LogP contribution < -0.4 is 14.8 Å². The van der Waals surface area contributed by atoms with Gasteiger partial charge in [0.15, 0.2) is 23.6 Å². The number of ketones is 1. The van der Waals surface area contributed by atoms with Crippen LogP contribution in [-0.2, 0) is 52.0 Å². The van der Waals surface area contributed by atoms with Gasteiger partial charge < -0.3 is 57.2 Å². The van der Waals surface area contributed by atoms with E-state index in [9.17, 15) is 19.5 Å². The molecule has 18 nitrogen and oxygen atoms in total. The molecule has 6 rings (SSSR count). The summed E-state index contributed by atoms with van der Waals surface area (Å²) in [5, 5.41) is 17.1. The Balaban J connectivity index is 1.64. The molecule has 0 unspecified atom stereocenters. The first kappa shape index (κ1) is 58.0. The summed E-state index contributed by atoms with van der Waals surface area (Å²) in [6.45, 7) is 27.8. The van der Waals surface area contributed by atoms with E-state index < -0.39 is 127 Å². The summed E-state index contributed by atoms with van der Waals surface area (Å²) < 4.78 is 62.1. The molecular weight excluding hydrogens is 975 g/mol. The number of rotatable bonds is 16. The van der Waals surface area contributed by atoms with Gasteiger partial charge in [0.1, 0.15) is 58.4 Å². The molecule has 3 fully saturated rings. The van der Waals surface area contributed by atoms with Crippen LogP contribution in [0.3, 0.4) is 0 Å². The van der Waals surface area contributed by atoms with Gasteiger partial charge in [-0.15, -0.1) is 0 Å². The van der Waals surface area contributed by atoms with Crippen LogP contribution >= 0.6 is 0 Å². The molecule has 2 bridgehead atoms. The number of methoxy groups -OCH3 is 2. The highest BCUT2D eigenvalue weighted by Crippen LogP contribution is 2.66. The predicted molar refractivity (Wildman–Crippen MR) is 272 cm³/mol. The number of furan rings is 1. The predicted octanol–water partition coefficient (Wildman–Crippen LogP) is 8.92. The van der Waals surface area contributed by atoms with Gasteiger partial charge in [0.2, 0.25) is 8.32 Å². The minimum Gasteiger partial charge on any atom is -0.497 e. The number of benzene rings is 1. The van der Waals surface area contributed by atoms with Crippen LogP contribution in [0.2, 0.25) is 16.6 Å². The highest BCUT2D eigenvalue weighted by atomic mass is 28.4. The largest absolute Gasteiger partial charge is 0.497 e. The molecule has 410 valence electrons. The molecule has 0 radical (unpaired) electrons. The number of carbonyl (C=O) groups is 6. The van der Waals surface area contributed by atoms with Crippen molar-refractivity contribution < 1.29 is 80.6 Å². The van der Waals surface area contributed by atoms with Crippen molar-refractivity contribution in [3.05, 3.63) is 59.1 Å². The molecule has 3 aliphatic carbocycles. The van der Waals surface area contributed by atoms with E-state index in [4.69, 9.17) is 46.7 Å². The van der Waals surface area contributed by atoms with E-state index >= 15 is 14.4 Å². The summed E-state index contributed by atoms with van der Waals surface area (Å²) in [7, 11) is -0.296. The second-order valence-electron chi connectivity index (χ2n) is 23.3. The van der Waals surface area contributed by atoms with Gasteiger partial charge in [-0.05, 0) is 98.1 Å². The first-order valence-corrected chi connectivity index (χ1v) is 27.7. The number of amides is 1. The maximum Gasteiger partial charge on any atom is 0.408 e. The number of nitrogens with one attached hydrogen (secondary N) is 1. The Hall–Kier alpha value is -5.24. The SMILES string of the molecule is COc1ccc(OC)c(C(=O)O[C@H]2[C@@H]3[C@]4(OC(C)=O)CO[C@@H]4C[C@H](C)[C@@]3(C)C(=O)[C@H](OC(C)=O)C3=C(C)[C@@H](OC(=O)[C@H](O[Si](C(C)C)(C(C)C)C(C)C)[C@@H](NC(=O)OC(C)(C)C)c4ccco4)C[C@]2(O)C3(C)C)c1. The lowest BCUT2D eigenvalue weighted by atomic mass is 9.43. The number of ether oxygens (including phenoxy) is 8. The molecule has 11 atom stereocenters. The maximum absolute atomic E-state index is 16.1. The molecule has 74 heavy (non-hydrogen) atoms. The summed E-state index contributed by atoms with van der Waals surface area (Å²) in [6.07, 6.45) is -7.13. The number of fused-ring (bicyclic) bond motifs is 5. The monoisotopic (exact) mass is 1050 g/mol. The van der Waals surface area contributed by atoms with Gasteiger partial charge in [-0.1, -0.05) is 69.2 Å². The molecule has 4 aliphatic rings. The number of esters is 4. The van der Waals surface area contributed by atoms with Crippen LogP contribution in [-0.4, -0.2) is 117 Å². The Kier molecular flexibility index (Phi) is 16.5. The van der Waals surface area contributed by atoms with Crippen molar-refractivity contribution in [1.82, 2.24) is 5.32 Å². The number of alkyl carbamates (subject to hydrolysis) is 1. The maximum atomic E-state index is 16.1. The molecule has 1 amide bonds. The van der Waals surface area contributed by atoms with E-state index in [1.165, 1.54) is 39.5 Å². The van der Waals surface area contributed by atoms with Crippen molar-refractivity contribution >= 4 is 44.1 Å². The number of hydrogen-bond donors (Lipinski definition) is 2. The summed E-state index contributed by atoms with van der Waals surface area (Å²) >= 11 is 0. The average Bonchev–Trinajstić information content (AvgIpc) is 3.83. The first-order chi connectivity index (χ1) is 34.3. The summed E-state index contributed by atoms with van der Waals surface area (Å²) in [5.41, 5.74) is -8.29. The van der Waals surface area contributed by atoms with E-state index in [2.05, 4.69) is 5.32 Å². The van der Waals surface area contributed by atoms with Crippen molar-refractivity contribution in [3.8, 4) is 11.5 Å². The summed E-state index contributed by atoms with van der Waals surface area (Å²) in [4.78, 5) is 87.5. The Morgan fingerprint density at radius 2 is 1.53 bits per heavy atom. The highest BCUT2D eigenvalue weighted by Gasteiger charge is 2.78. The molecule has 1 aliphatic heterocycles. The number of aliphatic hydroxyl groups is 1. The molecular formula is C55H79NO17Si. The standard InChI is InChI=1S/C55H79NO17Si/c1-28(2)74(29(3)4,30(5)6)73-44(42(38-20-19-23-66-38)56-50(62)72-51(11,12)13)49(61)69-39-26-55(63)47(70-48(60)36-25-35(64-17)21-22-37(36)65-18)45-53(16,31(7)24-40-54(45,27-67-40)71-34(10)58)46(59)43(68-33(9)57)41(32(39)8)52(55,14)15/h19-23,25,28-31,39-40,42-45,47,63H,24,26-27H2,1-18H3,(H,56,62)/t31-,39-,40+,42-,43+,44+,45-,47-,53+,54-,55+/m0/s1. The van der Waals surface area contributed by atoms with Crippen molar-refractivity contribution in [2.45, 2.75) is 194 Å². The van der Waals surface area contributed by atoms with Crippen molar-refractivity contribution in [2.75, 3.05) is 20.8 Å². The molecule has 2 N–H and O–H groups in total. The fourth-order valence-electron chi connectivity index (χ4n) is 13.0. The zero-order valence-corrected chi connectivity index (χ0v) is 47.4. The zero-order chi connectivity index (χ0) is 55.4. The Morgan fingerprint density at radius 3 is 2.03 bits per heavy atom. The Bertz CT molecular complexity index is 2470. The minimum absolute atomic E-state index is 0.0755. The third kappa shape index (κ3) is 10.0. The van der Waals surface area contributed by atoms with E-state index in [0.29, 0.717) is 0 Å². The lowest BCUT2D eigenvalue weighted by molar-refractivity contribution is -0.340. The van der Waals surface area contributed by atoms with Gasteiger partial charge in [0, 0.05) is 31.1 Å². The van der Waals surface area contributed by atoms with Crippen molar-refractivity contribution in [2.24, 2.45) is 22.7 Å². The Morgan fingerprint density at radius 1 is 0.892 bits per heavy atom. The zero-order valence-electron chi connectivity index (χ0n) is 46.4. The summed E-state index contributed by atoms with van der Waals surface area (Å²) in [6, 6.07) is 6.39. The molecule has 2 saturated carbocycles. The lowest BCUT2D eigenvalue weighted by Crippen LogP contribution is -2.80. The number of Topliss-reactive ketones (excluding diaryl/α,β-unsaturated/α-hetero) is 1. The van der Waals surface area contributed by atoms with E-state index in [0.717, 1.165) is 6.92 Å². The highest BCUT2D eigenvalue weighted by molar-refractivity contribution is 6.77. The van der Waals surface area contributed by atoms with Gasteiger partial charge in [-0.2, -0.15) is 0 Å². The minimum atomic E-state index is -3.09. The van der Waals surface area contributed by atoms with Crippen LogP contribution in [0.15, 0.2) is 52.2 Å². The first-order valence-electron chi connectivity index (χ1n) is 25.6. The lowest BCUT2D eigenvalue weighted by Gasteiger charge is -2.68. The van der Waals surface area contributed by atoms with Crippen LogP contribution in [0.5, 0.6) is 11.5 Å². The van der Waals surface area contributed by atoms with Gasteiger partial charge in [-0.3, -0.25) is 14.4 Å². The van der Waals surface area contributed by atoms with E-state index in [1.54, 1.807) is 66.7 Å². The number of carbonyl (C=O) groups excluding carboxylic acids is 6. The van der Waals surface area contributed by atoms with Crippen LogP contribution in [0.1, 0.15) is 146 Å². The average molecular weight is 1050 g/mol. The third-order valence-electron chi connectivity index (χ3n) is 16.6. The molecule has 2 aromatic rings. The fraction of sp³-hybridized carbons (Fsp3) is 0.673. The fourth-order valence-corrected chi connectivity index (χ4v) is 18.5. The quantitative estimate of drug-likeness (QED) is 0.0691. The molecule has 19 heteroatoms. The van der Waals surface area contributed by atoms with Gasteiger partial charge >= 0.3 is 30.0 Å². The van der Waals surface area contributed by atoms with Gasteiger partial charge in [0.25, 0.3) is 0 Å². The van der Waals surface area contributed by atoms with Crippen molar-refractivity contribution in [1.29, 1.82) is 0 Å². The number of hydrogen-bond acceptors (Lipinski definition) is 17. The topological polar surface area (TPSA) is 231 Å². The van der Waals surface area contributed by atoms with Gasteiger partial charge in [0.05, 0.1) is 33.0 Å².